The molecule has 2 aromatic carbocycles. The maximum Gasteiger partial charge on any atom is 0.419 e. The van der Waals surface area contributed by atoms with Crippen molar-refractivity contribution < 1.29 is 32.2 Å². The molecule has 0 spiro atoms. The summed E-state index contributed by atoms with van der Waals surface area (Å²) in [4.78, 5) is 16.8. The van der Waals surface area contributed by atoms with Gasteiger partial charge in [0, 0.05) is 21.1 Å². The van der Waals surface area contributed by atoms with E-state index in [0.29, 0.717) is 22.2 Å². The number of carboxylic acids is 1. The summed E-state index contributed by atoms with van der Waals surface area (Å²) in [6.07, 6.45) is -4.75. The molecule has 0 fully saturated rings. The van der Waals surface area contributed by atoms with Gasteiger partial charge in [-0.2, -0.15) is 13.2 Å². The van der Waals surface area contributed by atoms with E-state index in [9.17, 15) is 22.4 Å². The molecule has 0 radical (unpaired) electrons. The Kier molecular flexibility index (Phi) is 6.90. The Morgan fingerprint density at radius 2 is 1.94 bits per heavy atom. The summed E-state index contributed by atoms with van der Waals surface area (Å²) in [5.41, 5.74) is 0.503. The van der Waals surface area contributed by atoms with Gasteiger partial charge in [0.1, 0.15) is 16.6 Å². The fourth-order valence-corrected chi connectivity index (χ4v) is 4.81. The Morgan fingerprint density at radius 1 is 1.19 bits per heavy atom. The van der Waals surface area contributed by atoms with E-state index < -0.39 is 30.1 Å². The molecule has 31 heavy (non-hydrogen) atoms. The Balaban J connectivity index is 1.75. The molecule has 164 valence electrons. The molecule has 0 aliphatic rings. The molecule has 0 unspecified atom stereocenters. The van der Waals surface area contributed by atoms with Crippen LogP contribution in [0.15, 0.2) is 41.3 Å². The van der Waals surface area contributed by atoms with E-state index in [-0.39, 0.29) is 5.56 Å². The van der Waals surface area contributed by atoms with Crippen LogP contribution in [0.4, 0.5) is 17.6 Å². The van der Waals surface area contributed by atoms with Gasteiger partial charge in [-0.3, -0.25) is 0 Å². The van der Waals surface area contributed by atoms with Crippen LogP contribution < -0.4 is 4.74 Å². The van der Waals surface area contributed by atoms with Gasteiger partial charge < -0.3 is 9.84 Å². The molecular formula is C21H17F4NO3S2. The topological polar surface area (TPSA) is 59.4 Å². The number of nitrogens with zero attached hydrogens (tertiary/aromatic N) is 1. The number of hydrogen-bond acceptors (Lipinski definition) is 5. The maximum atomic E-state index is 13.9. The Hall–Kier alpha value is -2.59. The first kappa shape index (κ1) is 23.1. The van der Waals surface area contributed by atoms with Gasteiger partial charge in [-0.05, 0) is 43.7 Å². The fraction of sp³-hybridized carbons (Fsp3) is 0.238. The highest BCUT2D eigenvalue weighted by atomic mass is 32.2. The minimum Gasteiger partial charge on any atom is -0.482 e. The predicted molar refractivity (Wildman–Crippen MR) is 111 cm³/mol. The van der Waals surface area contributed by atoms with Crippen LogP contribution in [0.25, 0.3) is 10.6 Å². The number of aryl methyl sites for hydroxylation is 2. The van der Waals surface area contributed by atoms with Crippen molar-refractivity contribution in [2.24, 2.45) is 0 Å². The van der Waals surface area contributed by atoms with Gasteiger partial charge in [0.25, 0.3) is 0 Å². The van der Waals surface area contributed by atoms with E-state index in [1.807, 2.05) is 19.1 Å². The van der Waals surface area contributed by atoms with E-state index in [0.717, 1.165) is 27.5 Å². The lowest BCUT2D eigenvalue weighted by molar-refractivity contribution is -0.140. The molecule has 0 atom stereocenters. The third kappa shape index (κ3) is 5.76. The zero-order chi connectivity index (χ0) is 22.8. The highest BCUT2D eigenvalue weighted by Crippen LogP contribution is 2.37. The Labute approximate surface area is 183 Å². The first-order valence-corrected chi connectivity index (χ1v) is 10.8. The largest absolute Gasteiger partial charge is 0.482 e. The third-order valence-corrected chi connectivity index (χ3v) is 6.70. The summed E-state index contributed by atoms with van der Waals surface area (Å²) in [6.45, 7) is 3.16. The molecule has 0 saturated carbocycles. The average molecular weight is 471 g/mol. The number of carbonyl (C=O) groups is 1. The minimum atomic E-state index is -4.75. The number of benzene rings is 2. The van der Waals surface area contributed by atoms with Crippen molar-refractivity contribution in [2.75, 3.05) is 6.61 Å². The normalized spacial score (nSPS) is 11.5. The lowest BCUT2D eigenvalue weighted by Crippen LogP contribution is -2.10. The molecule has 0 saturated heterocycles. The highest BCUT2D eigenvalue weighted by Gasteiger charge is 2.34. The van der Waals surface area contributed by atoms with E-state index >= 15 is 0 Å². The van der Waals surface area contributed by atoms with Crippen LogP contribution in [-0.2, 0) is 16.7 Å². The van der Waals surface area contributed by atoms with Crippen LogP contribution in [0, 0.1) is 19.7 Å². The molecule has 3 aromatic rings. The second-order valence-electron chi connectivity index (χ2n) is 6.62. The van der Waals surface area contributed by atoms with Gasteiger partial charge in [0.05, 0.1) is 11.3 Å². The molecular weight excluding hydrogens is 454 g/mol. The van der Waals surface area contributed by atoms with Gasteiger partial charge in [0.2, 0.25) is 0 Å². The fourth-order valence-electron chi connectivity index (χ4n) is 2.68. The van der Waals surface area contributed by atoms with Crippen LogP contribution >= 0.6 is 23.1 Å². The number of thioether (sulfide) groups is 1. The van der Waals surface area contributed by atoms with Gasteiger partial charge in [-0.1, -0.05) is 12.1 Å². The lowest BCUT2D eigenvalue weighted by Gasteiger charge is -2.09. The van der Waals surface area contributed by atoms with E-state index in [1.165, 1.54) is 29.2 Å². The second-order valence-corrected chi connectivity index (χ2v) is 8.75. The monoisotopic (exact) mass is 471 g/mol. The summed E-state index contributed by atoms with van der Waals surface area (Å²) < 4.78 is 57.5. The molecule has 1 N–H and O–H groups in total. The number of rotatable bonds is 7. The zero-order valence-electron chi connectivity index (χ0n) is 16.4. The quantitative estimate of drug-likeness (QED) is 0.322. The van der Waals surface area contributed by atoms with Crippen LogP contribution in [0.2, 0.25) is 0 Å². The van der Waals surface area contributed by atoms with E-state index in [1.54, 1.807) is 13.0 Å². The number of hydrogen-bond donors (Lipinski definition) is 1. The molecule has 0 aliphatic carbocycles. The number of thiazole rings is 1. The van der Waals surface area contributed by atoms with Gasteiger partial charge in [-0.25, -0.2) is 14.2 Å². The molecule has 3 rings (SSSR count). The Morgan fingerprint density at radius 3 is 2.58 bits per heavy atom. The molecule has 1 aromatic heterocycles. The first-order chi connectivity index (χ1) is 14.5. The van der Waals surface area contributed by atoms with Crippen molar-refractivity contribution in [3.63, 3.8) is 0 Å². The van der Waals surface area contributed by atoms with Gasteiger partial charge >= 0.3 is 12.1 Å². The van der Waals surface area contributed by atoms with Crippen LogP contribution in [0.3, 0.4) is 0 Å². The van der Waals surface area contributed by atoms with Crippen LogP contribution in [0.1, 0.15) is 21.7 Å². The number of carboxylic acid groups (broad SMARTS) is 1. The second kappa shape index (κ2) is 9.27. The SMILES string of the molecule is Cc1ccc(SCc2sc(-c3ccc(C(F)(F)F)c(F)c3)nc2C)cc1OCC(=O)O. The number of halogens is 4. The van der Waals surface area contributed by atoms with Crippen molar-refractivity contribution in [3.05, 3.63) is 63.9 Å². The summed E-state index contributed by atoms with van der Waals surface area (Å²) in [5, 5.41) is 9.21. The zero-order valence-corrected chi connectivity index (χ0v) is 18.1. The maximum absolute atomic E-state index is 13.9. The van der Waals surface area contributed by atoms with Crippen molar-refractivity contribution >= 4 is 29.1 Å². The van der Waals surface area contributed by atoms with Gasteiger partial charge in [-0.15, -0.1) is 23.1 Å². The van der Waals surface area contributed by atoms with E-state index in [2.05, 4.69) is 4.98 Å². The molecule has 1 heterocycles. The number of alkyl halides is 3. The van der Waals surface area contributed by atoms with Crippen molar-refractivity contribution in [3.8, 4) is 16.3 Å². The van der Waals surface area contributed by atoms with Crippen molar-refractivity contribution in [1.29, 1.82) is 0 Å². The summed E-state index contributed by atoms with van der Waals surface area (Å²) >= 11 is 2.77. The number of aliphatic carboxylic acids is 1. The lowest BCUT2D eigenvalue weighted by atomic mass is 10.1. The highest BCUT2D eigenvalue weighted by molar-refractivity contribution is 7.98. The molecule has 4 nitrogen and oxygen atoms in total. The smallest absolute Gasteiger partial charge is 0.419 e. The molecule has 0 bridgehead atoms. The molecule has 0 amide bonds. The summed E-state index contributed by atoms with van der Waals surface area (Å²) in [5.74, 6) is -1.38. The van der Waals surface area contributed by atoms with Crippen molar-refractivity contribution in [2.45, 2.75) is 30.7 Å². The van der Waals surface area contributed by atoms with Crippen LogP contribution in [0.5, 0.6) is 5.75 Å². The average Bonchev–Trinajstić information content (AvgIpc) is 3.06. The number of ether oxygens (including phenoxy) is 1. The third-order valence-electron chi connectivity index (χ3n) is 4.29. The summed E-state index contributed by atoms with van der Waals surface area (Å²) in [7, 11) is 0. The number of aromatic nitrogens is 1. The minimum absolute atomic E-state index is 0.287. The van der Waals surface area contributed by atoms with Crippen LogP contribution in [-0.4, -0.2) is 22.7 Å². The van der Waals surface area contributed by atoms with Gasteiger partial charge in [0.15, 0.2) is 6.61 Å². The predicted octanol–water partition coefficient (Wildman–Crippen LogP) is 6.34. The van der Waals surface area contributed by atoms with E-state index in [4.69, 9.17) is 9.84 Å². The first-order valence-electron chi connectivity index (χ1n) is 8.96. The van der Waals surface area contributed by atoms with Crippen molar-refractivity contribution in [1.82, 2.24) is 4.98 Å². The molecule has 10 heteroatoms. The standard InChI is InChI=1S/C21H17F4NO3S2/c1-11-3-5-14(8-17(11)29-9-19(27)28)30-10-18-12(2)26-20(31-18)13-4-6-15(16(22)7-13)21(23,24)25/h3-8H,9-10H2,1-2H3,(H,27,28). The Bertz CT molecular complexity index is 1110. The summed E-state index contributed by atoms with van der Waals surface area (Å²) in [6, 6.07) is 8.26. The molecule has 0 aliphatic heterocycles.